The van der Waals surface area contributed by atoms with E-state index < -0.39 is 0 Å². The zero-order valence-electron chi connectivity index (χ0n) is 9.62. The number of likely N-dealkylation sites (tertiary alicyclic amines) is 1. The maximum atomic E-state index is 13.3. The van der Waals surface area contributed by atoms with Gasteiger partial charge in [-0.2, -0.15) is 0 Å². The fraction of sp³-hybridized carbons (Fsp3) is 0.583. The summed E-state index contributed by atoms with van der Waals surface area (Å²) in [5.41, 5.74) is 0. The van der Waals surface area contributed by atoms with E-state index in [0.29, 0.717) is 11.7 Å². The fourth-order valence-corrected chi connectivity index (χ4v) is 2.12. The summed E-state index contributed by atoms with van der Waals surface area (Å²) in [5.74, 6) is 0.714. The topological polar surface area (TPSA) is 28.2 Å². The van der Waals surface area contributed by atoms with E-state index in [1.165, 1.54) is 12.5 Å². The molecule has 1 saturated heterocycles. The number of rotatable bonds is 4. The van der Waals surface area contributed by atoms with Gasteiger partial charge in [-0.25, -0.2) is 9.37 Å². The standard InChI is InChI=1S/C12H18FN3/c1-2-16-7-5-10(9-16)8-15-12-11(13)4-3-6-14-12/h3-4,6,10H,2,5,7-9H2,1H3,(H,14,15). The second-order valence-corrected chi connectivity index (χ2v) is 4.26. The maximum absolute atomic E-state index is 13.3. The second kappa shape index (κ2) is 5.25. The first-order valence-electron chi connectivity index (χ1n) is 5.86. The van der Waals surface area contributed by atoms with Crippen LogP contribution < -0.4 is 5.32 Å². The molecule has 0 amide bonds. The Morgan fingerprint density at radius 1 is 1.62 bits per heavy atom. The lowest BCUT2D eigenvalue weighted by atomic mass is 10.1. The third kappa shape index (κ3) is 2.70. The monoisotopic (exact) mass is 223 g/mol. The summed E-state index contributed by atoms with van der Waals surface area (Å²) in [6.07, 6.45) is 2.80. The molecular weight excluding hydrogens is 205 g/mol. The van der Waals surface area contributed by atoms with E-state index in [2.05, 4.69) is 22.1 Å². The van der Waals surface area contributed by atoms with E-state index in [-0.39, 0.29) is 5.82 Å². The third-order valence-corrected chi connectivity index (χ3v) is 3.13. The summed E-state index contributed by atoms with van der Waals surface area (Å²) in [4.78, 5) is 6.40. The van der Waals surface area contributed by atoms with Crippen LogP contribution in [-0.4, -0.2) is 36.1 Å². The molecule has 1 N–H and O–H groups in total. The Kier molecular flexibility index (Phi) is 3.72. The van der Waals surface area contributed by atoms with E-state index in [9.17, 15) is 4.39 Å². The van der Waals surface area contributed by atoms with E-state index >= 15 is 0 Å². The van der Waals surface area contributed by atoms with Crippen LogP contribution in [0.25, 0.3) is 0 Å². The van der Waals surface area contributed by atoms with Gasteiger partial charge in [-0.1, -0.05) is 6.92 Å². The molecule has 3 nitrogen and oxygen atoms in total. The number of hydrogen-bond acceptors (Lipinski definition) is 3. The van der Waals surface area contributed by atoms with Crippen LogP contribution in [0.3, 0.4) is 0 Å². The Balaban J connectivity index is 1.82. The molecule has 1 unspecified atom stereocenters. The van der Waals surface area contributed by atoms with Crippen molar-refractivity contribution in [2.75, 3.05) is 31.5 Å². The molecule has 0 aliphatic carbocycles. The Bertz CT molecular complexity index is 343. The number of aromatic nitrogens is 1. The molecule has 0 aromatic carbocycles. The van der Waals surface area contributed by atoms with E-state index in [0.717, 1.165) is 26.2 Å². The number of anilines is 1. The summed E-state index contributed by atoms with van der Waals surface area (Å²) in [6.45, 7) is 6.36. The lowest BCUT2D eigenvalue weighted by molar-refractivity contribution is 0.345. The highest BCUT2D eigenvalue weighted by molar-refractivity contribution is 5.35. The van der Waals surface area contributed by atoms with E-state index in [1.54, 1.807) is 12.3 Å². The Hall–Kier alpha value is -1.16. The molecule has 4 heteroatoms. The predicted molar refractivity (Wildman–Crippen MR) is 62.9 cm³/mol. The molecule has 0 spiro atoms. The average Bonchev–Trinajstić information content (AvgIpc) is 2.76. The van der Waals surface area contributed by atoms with Crippen molar-refractivity contribution in [1.29, 1.82) is 0 Å². The zero-order chi connectivity index (χ0) is 11.4. The normalized spacial score (nSPS) is 21.2. The van der Waals surface area contributed by atoms with Crippen LogP contribution in [0, 0.1) is 11.7 Å². The van der Waals surface area contributed by atoms with Gasteiger partial charge in [0.2, 0.25) is 0 Å². The van der Waals surface area contributed by atoms with Crippen molar-refractivity contribution < 1.29 is 4.39 Å². The maximum Gasteiger partial charge on any atom is 0.165 e. The number of nitrogens with zero attached hydrogens (tertiary/aromatic N) is 2. The number of halogens is 1. The van der Waals surface area contributed by atoms with Crippen LogP contribution in [0.15, 0.2) is 18.3 Å². The Morgan fingerprint density at radius 3 is 3.19 bits per heavy atom. The van der Waals surface area contributed by atoms with Crippen LogP contribution in [0.2, 0.25) is 0 Å². The van der Waals surface area contributed by atoms with Gasteiger partial charge in [0.05, 0.1) is 0 Å². The summed E-state index contributed by atoms with van der Waals surface area (Å²) in [6, 6.07) is 3.04. The van der Waals surface area contributed by atoms with Crippen molar-refractivity contribution in [3.8, 4) is 0 Å². The molecule has 1 aliphatic rings. The molecule has 0 radical (unpaired) electrons. The fourth-order valence-electron chi connectivity index (χ4n) is 2.12. The van der Waals surface area contributed by atoms with Crippen LogP contribution in [-0.2, 0) is 0 Å². The minimum Gasteiger partial charge on any atom is -0.367 e. The second-order valence-electron chi connectivity index (χ2n) is 4.26. The lowest BCUT2D eigenvalue weighted by Crippen LogP contribution is -2.22. The van der Waals surface area contributed by atoms with Gasteiger partial charge in [0.1, 0.15) is 0 Å². The quantitative estimate of drug-likeness (QED) is 0.846. The molecule has 1 aromatic rings. The molecule has 2 heterocycles. The van der Waals surface area contributed by atoms with Gasteiger partial charge in [0.25, 0.3) is 0 Å². The first kappa shape index (κ1) is 11.3. The van der Waals surface area contributed by atoms with Crippen LogP contribution in [0.4, 0.5) is 10.2 Å². The van der Waals surface area contributed by atoms with E-state index in [1.807, 2.05) is 0 Å². The molecule has 1 aromatic heterocycles. The molecule has 0 bridgehead atoms. The van der Waals surface area contributed by atoms with Crippen LogP contribution >= 0.6 is 0 Å². The van der Waals surface area contributed by atoms with Gasteiger partial charge in [-0.15, -0.1) is 0 Å². The molecule has 16 heavy (non-hydrogen) atoms. The summed E-state index contributed by atoms with van der Waals surface area (Å²) in [7, 11) is 0. The van der Waals surface area contributed by atoms with Gasteiger partial charge in [-0.05, 0) is 37.6 Å². The van der Waals surface area contributed by atoms with Gasteiger partial charge in [0, 0.05) is 19.3 Å². The summed E-state index contributed by atoms with van der Waals surface area (Å²) >= 11 is 0. The summed E-state index contributed by atoms with van der Waals surface area (Å²) in [5, 5.41) is 3.09. The SMILES string of the molecule is CCN1CCC(CNc2ncccc2F)C1. The first-order chi connectivity index (χ1) is 7.79. The highest BCUT2D eigenvalue weighted by atomic mass is 19.1. The highest BCUT2D eigenvalue weighted by Gasteiger charge is 2.20. The Labute approximate surface area is 95.7 Å². The van der Waals surface area contributed by atoms with Crippen LogP contribution in [0.1, 0.15) is 13.3 Å². The third-order valence-electron chi connectivity index (χ3n) is 3.13. The molecule has 1 fully saturated rings. The Morgan fingerprint density at radius 2 is 2.50 bits per heavy atom. The highest BCUT2D eigenvalue weighted by Crippen LogP contribution is 2.17. The molecular formula is C12H18FN3. The van der Waals surface area contributed by atoms with Crippen molar-refractivity contribution in [3.63, 3.8) is 0 Å². The number of pyridine rings is 1. The van der Waals surface area contributed by atoms with Crippen molar-refractivity contribution in [1.82, 2.24) is 9.88 Å². The largest absolute Gasteiger partial charge is 0.367 e. The minimum absolute atomic E-state index is 0.271. The van der Waals surface area contributed by atoms with E-state index in [4.69, 9.17) is 0 Å². The number of hydrogen-bond donors (Lipinski definition) is 1. The molecule has 0 saturated carbocycles. The predicted octanol–water partition coefficient (Wildman–Crippen LogP) is 1.97. The van der Waals surface area contributed by atoms with Crippen molar-refractivity contribution in [2.45, 2.75) is 13.3 Å². The van der Waals surface area contributed by atoms with Crippen molar-refractivity contribution in [3.05, 3.63) is 24.1 Å². The number of nitrogens with one attached hydrogen (secondary N) is 1. The average molecular weight is 223 g/mol. The molecule has 2 rings (SSSR count). The lowest BCUT2D eigenvalue weighted by Gasteiger charge is -2.14. The van der Waals surface area contributed by atoms with Gasteiger partial charge < -0.3 is 10.2 Å². The molecule has 1 atom stereocenters. The zero-order valence-corrected chi connectivity index (χ0v) is 9.62. The molecule has 1 aliphatic heterocycles. The van der Waals surface area contributed by atoms with Crippen molar-refractivity contribution in [2.24, 2.45) is 5.92 Å². The van der Waals surface area contributed by atoms with Gasteiger partial charge in [-0.3, -0.25) is 0 Å². The smallest absolute Gasteiger partial charge is 0.165 e. The van der Waals surface area contributed by atoms with Gasteiger partial charge >= 0.3 is 0 Å². The van der Waals surface area contributed by atoms with Crippen molar-refractivity contribution >= 4 is 5.82 Å². The van der Waals surface area contributed by atoms with Gasteiger partial charge in [0.15, 0.2) is 11.6 Å². The first-order valence-corrected chi connectivity index (χ1v) is 5.86. The minimum atomic E-state index is -0.271. The van der Waals surface area contributed by atoms with Crippen LogP contribution in [0.5, 0.6) is 0 Å². The molecule has 88 valence electrons. The summed E-state index contributed by atoms with van der Waals surface area (Å²) < 4.78 is 13.3.